The molecule has 0 aromatic carbocycles. The Labute approximate surface area is 88.7 Å². The summed E-state index contributed by atoms with van der Waals surface area (Å²) in [6.45, 7) is 3.46. The molecule has 0 radical (unpaired) electrons. The molecule has 1 amide bonds. The molecule has 1 unspecified atom stereocenters. The third-order valence-corrected chi connectivity index (χ3v) is 2.40. The first-order chi connectivity index (χ1) is 7.15. The van der Waals surface area contributed by atoms with Gasteiger partial charge in [-0.3, -0.25) is 4.79 Å². The van der Waals surface area contributed by atoms with E-state index in [1.807, 2.05) is 12.2 Å². The molecule has 0 aliphatic heterocycles. The number of carboxylic acid groups (broad SMARTS) is 1. The van der Waals surface area contributed by atoms with Gasteiger partial charge in [-0.1, -0.05) is 18.2 Å². The average Bonchev–Trinajstić information content (AvgIpc) is 2.69. The van der Waals surface area contributed by atoms with Crippen molar-refractivity contribution in [3.05, 3.63) is 24.8 Å². The Kier molecular flexibility index (Phi) is 4.09. The van der Waals surface area contributed by atoms with Gasteiger partial charge in [0.2, 0.25) is 5.91 Å². The van der Waals surface area contributed by atoms with Crippen LogP contribution >= 0.6 is 0 Å². The lowest BCUT2D eigenvalue weighted by Crippen LogP contribution is -2.42. The van der Waals surface area contributed by atoms with Crippen LogP contribution in [0, 0.1) is 5.92 Å². The second-order valence-corrected chi connectivity index (χ2v) is 3.56. The highest BCUT2D eigenvalue weighted by atomic mass is 16.4. The molecule has 1 rings (SSSR count). The minimum atomic E-state index is -1.02. The second kappa shape index (κ2) is 5.34. The molecule has 0 spiro atoms. The molecule has 0 saturated carbocycles. The summed E-state index contributed by atoms with van der Waals surface area (Å²) in [4.78, 5) is 22.3. The number of carboxylic acids is 1. The van der Waals surface area contributed by atoms with Crippen molar-refractivity contribution in [2.45, 2.75) is 25.3 Å². The van der Waals surface area contributed by atoms with Gasteiger partial charge in [0, 0.05) is 5.92 Å². The summed E-state index contributed by atoms with van der Waals surface area (Å²) in [5.41, 5.74) is 0. The van der Waals surface area contributed by atoms with Crippen molar-refractivity contribution >= 4 is 11.9 Å². The lowest BCUT2D eigenvalue weighted by molar-refractivity contribution is -0.142. The lowest BCUT2D eigenvalue weighted by Gasteiger charge is -2.15. The highest BCUT2D eigenvalue weighted by molar-refractivity contribution is 5.85. The summed E-state index contributed by atoms with van der Waals surface area (Å²) in [5.74, 6) is -1.31. The fourth-order valence-electron chi connectivity index (χ4n) is 1.51. The molecular weight excluding hydrogens is 194 g/mol. The third-order valence-electron chi connectivity index (χ3n) is 2.40. The number of rotatable bonds is 5. The van der Waals surface area contributed by atoms with Gasteiger partial charge >= 0.3 is 5.97 Å². The predicted octanol–water partition coefficient (Wildman–Crippen LogP) is 1.10. The average molecular weight is 209 g/mol. The van der Waals surface area contributed by atoms with E-state index in [9.17, 15) is 9.59 Å². The van der Waals surface area contributed by atoms with E-state index in [1.165, 1.54) is 6.08 Å². The van der Waals surface area contributed by atoms with Crippen molar-refractivity contribution in [2.24, 2.45) is 5.92 Å². The molecule has 2 N–H and O–H groups in total. The van der Waals surface area contributed by atoms with Gasteiger partial charge in [0.15, 0.2) is 0 Å². The summed E-state index contributed by atoms with van der Waals surface area (Å²) in [5, 5.41) is 11.3. The van der Waals surface area contributed by atoms with Gasteiger partial charge in [-0.05, 0) is 19.3 Å². The lowest BCUT2D eigenvalue weighted by atomic mass is 10.1. The second-order valence-electron chi connectivity index (χ2n) is 3.56. The standard InChI is InChI=1S/C11H15NO3/c1-2-5-9(11(14)15)12-10(13)8-6-3-4-7-8/h2-4,8-9H,1,5-7H2,(H,12,13)(H,14,15). The van der Waals surface area contributed by atoms with E-state index in [4.69, 9.17) is 5.11 Å². The molecule has 0 aromatic rings. The highest BCUT2D eigenvalue weighted by Crippen LogP contribution is 2.17. The van der Waals surface area contributed by atoms with E-state index in [-0.39, 0.29) is 18.2 Å². The Balaban J connectivity index is 2.46. The van der Waals surface area contributed by atoms with Gasteiger partial charge in [0.25, 0.3) is 0 Å². The Morgan fingerprint density at radius 1 is 1.53 bits per heavy atom. The zero-order chi connectivity index (χ0) is 11.3. The van der Waals surface area contributed by atoms with E-state index < -0.39 is 12.0 Å². The summed E-state index contributed by atoms with van der Waals surface area (Å²) in [6, 6.07) is -0.851. The fourth-order valence-corrected chi connectivity index (χ4v) is 1.51. The van der Waals surface area contributed by atoms with Crippen LogP contribution in [0.25, 0.3) is 0 Å². The first-order valence-corrected chi connectivity index (χ1v) is 4.94. The van der Waals surface area contributed by atoms with Crippen LogP contribution in [0.4, 0.5) is 0 Å². The first-order valence-electron chi connectivity index (χ1n) is 4.94. The number of carbonyl (C=O) groups is 2. The Hall–Kier alpha value is -1.58. The summed E-state index contributed by atoms with van der Waals surface area (Å²) in [7, 11) is 0. The van der Waals surface area contributed by atoms with Crippen LogP contribution in [0.2, 0.25) is 0 Å². The van der Waals surface area contributed by atoms with Crippen molar-refractivity contribution in [2.75, 3.05) is 0 Å². The quantitative estimate of drug-likeness (QED) is 0.666. The van der Waals surface area contributed by atoms with E-state index in [1.54, 1.807) is 0 Å². The van der Waals surface area contributed by atoms with Gasteiger partial charge in [-0.15, -0.1) is 6.58 Å². The summed E-state index contributed by atoms with van der Waals surface area (Å²) < 4.78 is 0. The summed E-state index contributed by atoms with van der Waals surface area (Å²) in [6.07, 6.45) is 7.02. The zero-order valence-corrected chi connectivity index (χ0v) is 8.48. The minimum absolute atomic E-state index is 0.100. The maximum Gasteiger partial charge on any atom is 0.326 e. The highest BCUT2D eigenvalue weighted by Gasteiger charge is 2.24. The molecule has 0 saturated heterocycles. The van der Waals surface area contributed by atoms with Crippen LogP contribution in [0.3, 0.4) is 0 Å². The van der Waals surface area contributed by atoms with Crippen molar-refractivity contribution in [1.29, 1.82) is 0 Å². The molecule has 0 heterocycles. The van der Waals surface area contributed by atoms with Crippen LogP contribution in [0.15, 0.2) is 24.8 Å². The van der Waals surface area contributed by atoms with Crippen molar-refractivity contribution in [1.82, 2.24) is 5.32 Å². The number of hydrogen-bond acceptors (Lipinski definition) is 2. The van der Waals surface area contributed by atoms with Gasteiger partial charge in [0.1, 0.15) is 6.04 Å². The molecule has 0 bridgehead atoms. The number of amides is 1. The molecule has 82 valence electrons. The van der Waals surface area contributed by atoms with E-state index in [2.05, 4.69) is 11.9 Å². The van der Waals surface area contributed by atoms with Crippen molar-refractivity contribution in [3.63, 3.8) is 0 Å². The molecule has 1 aliphatic rings. The Bertz CT molecular complexity index is 288. The first kappa shape index (κ1) is 11.5. The topological polar surface area (TPSA) is 66.4 Å². The monoisotopic (exact) mass is 209 g/mol. The number of hydrogen-bond donors (Lipinski definition) is 2. The molecule has 4 heteroatoms. The van der Waals surface area contributed by atoms with Crippen LogP contribution in [0.1, 0.15) is 19.3 Å². The summed E-state index contributed by atoms with van der Waals surface area (Å²) >= 11 is 0. The molecule has 15 heavy (non-hydrogen) atoms. The van der Waals surface area contributed by atoms with Crippen LogP contribution in [0.5, 0.6) is 0 Å². The maximum absolute atomic E-state index is 11.6. The van der Waals surface area contributed by atoms with Crippen LogP contribution in [-0.4, -0.2) is 23.0 Å². The van der Waals surface area contributed by atoms with E-state index >= 15 is 0 Å². The maximum atomic E-state index is 11.6. The Morgan fingerprint density at radius 2 is 2.13 bits per heavy atom. The molecule has 1 atom stereocenters. The van der Waals surface area contributed by atoms with Crippen LogP contribution < -0.4 is 5.32 Å². The van der Waals surface area contributed by atoms with Crippen molar-refractivity contribution in [3.8, 4) is 0 Å². The largest absolute Gasteiger partial charge is 0.480 e. The van der Waals surface area contributed by atoms with Gasteiger partial charge in [-0.2, -0.15) is 0 Å². The fraction of sp³-hybridized carbons (Fsp3) is 0.455. The zero-order valence-electron chi connectivity index (χ0n) is 8.48. The number of allylic oxidation sites excluding steroid dienone is 2. The van der Waals surface area contributed by atoms with Gasteiger partial charge in [-0.25, -0.2) is 4.79 Å². The Morgan fingerprint density at radius 3 is 2.60 bits per heavy atom. The molecular formula is C11H15NO3. The van der Waals surface area contributed by atoms with Gasteiger partial charge in [0.05, 0.1) is 0 Å². The number of carbonyl (C=O) groups excluding carboxylic acids is 1. The number of nitrogens with one attached hydrogen (secondary N) is 1. The van der Waals surface area contributed by atoms with Crippen molar-refractivity contribution < 1.29 is 14.7 Å². The normalized spacial score (nSPS) is 17.3. The SMILES string of the molecule is C=CCC(NC(=O)C1CC=CC1)C(=O)O. The minimum Gasteiger partial charge on any atom is -0.480 e. The molecule has 4 nitrogen and oxygen atoms in total. The molecule has 0 fully saturated rings. The van der Waals surface area contributed by atoms with E-state index in [0.717, 1.165) is 0 Å². The van der Waals surface area contributed by atoms with Crippen LogP contribution in [-0.2, 0) is 9.59 Å². The number of aliphatic carboxylic acids is 1. The predicted molar refractivity (Wildman–Crippen MR) is 56.2 cm³/mol. The third kappa shape index (κ3) is 3.23. The molecule has 0 aromatic heterocycles. The van der Waals surface area contributed by atoms with E-state index in [0.29, 0.717) is 12.8 Å². The molecule has 1 aliphatic carbocycles. The van der Waals surface area contributed by atoms with Gasteiger partial charge < -0.3 is 10.4 Å². The smallest absolute Gasteiger partial charge is 0.326 e.